The summed E-state index contributed by atoms with van der Waals surface area (Å²) in [4.78, 5) is 0.690. The second-order valence-corrected chi connectivity index (χ2v) is 6.30. The van der Waals surface area contributed by atoms with E-state index in [-0.39, 0.29) is 11.9 Å². The van der Waals surface area contributed by atoms with Crippen molar-refractivity contribution in [2.24, 2.45) is 0 Å². The van der Waals surface area contributed by atoms with Crippen LogP contribution in [0.5, 0.6) is 0 Å². The molecule has 0 radical (unpaired) electrons. The summed E-state index contributed by atoms with van der Waals surface area (Å²) in [6, 6.07) is 14.9. The zero-order chi connectivity index (χ0) is 15.1. The van der Waals surface area contributed by atoms with Gasteiger partial charge in [-0.2, -0.15) is 0 Å². The number of benzene rings is 2. The van der Waals surface area contributed by atoms with Crippen molar-refractivity contribution in [1.29, 1.82) is 0 Å². The molecule has 112 valence electrons. The minimum absolute atomic E-state index is 0.159. The SMILES string of the molecule is CCCNC(CSc1ccccc1F)c1ccc(Cl)cc1. The first-order valence-corrected chi connectivity index (χ1v) is 8.43. The number of halogens is 2. The maximum Gasteiger partial charge on any atom is 0.136 e. The first-order chi connectivity index (χ1) is 10.2. The van der Waals surface area contributed by atoms with Crippen LogP contribution in [0.4, 0.5) is 4.39 Å². The van der Waals surface area contributed by atoms with E-state index < -0.39 is 0 Å². The minimum atomic E-state index is -0.159. The van der Waals surface area contributed by atoms with Crippen LogP contribution in [-0.4, -0.2) is 12.3 Å². The van der Waals surface area contributed by atoms with Crippen LogP contribution in [0.25, 0.3) is 0 Å². The highest BCUT2D eigenvalue weighted by Crippen LogP contribution is 2.27. The van der Waals surface area contributed by atoms with Gasteiger partial charge in [-0.05, 0) is 42.8 Å². The smallest absolute Gasteiger partial charge is 0.136 e. The maximum absolute atomic E-state index is 13.7. The van der Waals surface area contributed by atoms with Crippen molar-refractivity contribution in [2.75, 3.05) is 12.3 Å². The molecule has 0 heterocycles. The molecule has 0 aromatic heterocycles. The van der Waals surface area contributed by atoms with Gasteiger partial charge in [-0.3, -0.25) is 0 Å². The number of rotatable bonds is 7. The molecule has 0 aliphatic heterocycles. The molecule has 2 aromatic carbocycles. The lowest BCUT2D eigenvalue weighted by Crippen LogP contribution is -2.24. The predicted molar refractivity (Wildman–Crippen MR) is 89.6 cm³/mol. The third kappa shape index (κ3) is 5.03. The molecule has 1 nitrogen and oxygen atoms in total. The van der Waals surface area contributed by atoms with E-state index in [1.54, 1.807) is 6.07 Å². The van der Waals surface area contributed by atoms with Crippen molar-refractivity contribution in [2.45, 2.75) is 24.3 Å². The summed E-state index contributed by atoms with van der Waals surface area (Å²) in [5, 5.41) is 4.24. The van der Waals surface area contributed by atoms with E-state index in [2.05, 4.69) is 12.2 Å². The molecule has 4 heteroatoms. The summed E-state index contributed by atoms with van der Waals surface area (Å²) in [6.07, 6.45) is 1.06. The molecule has 0 bridgehead atoms. The first kappa shape index (κ1) is 16.3. The third-order valence-corrected chi connectivity index (χ3v) is 4.55. The van der Waals surface area contributed by atoms with E-state index in [1.165, 1.54) is 23.4 Å². The Bertz CT molecular complexity index is 559. The first-order valence-electron chi connectivity index (χ1n) is 7.07. The number of hydrogen-bond donors (Lipinski definition) is 1. The van der Waals surface area contributed by atoms with E-state index in [0.29, 0.717) is 4.90 Å². The van der Waals surface area contributed by atoms with Gasteiger partial charge in [0.25, 0.3) is 0 Å². The minimum Gasteiger partial charge on any atom is -0.309 e. The fourth-order valence-electron chi connectivity index (χ4n) is 2.02. The molecule has 1 N–H and O–H groups in total. The summed E-state index contributed by atoms with van der Waals surface area (Å²) in [5.41, 5.74) is 1.18. The number of hydrogen-bond acceptors (Lipinski definition) is 2. The Hall–Kier alpha value is -1.03. The highest BCUT2D eigenvalue weighted by molar-refractivity contribution is 7.99. The molecule has 0 saturated carbocycles. The van der Waals surface area contributed by atoms with Gasteiger partial charge < -0.3 is 5.32 Å². The Kier molecular flexibility index (Phi) is 6.55. The predicted octanol–water partition coefficient (Wildman–Crippen LogP) is 5.31. The summed E-state index contributed by atoms with van der Waals surface area (Å²) >= 11 is 7.47. The van der Waals surface area contributed by atoms with Crippen molar-refractivity contribution < 1.29 is 4.39 Å². The zero-order valence-electron chi connectivity index (χ0n) is 12.0. The van der Waals surface area contributed by atoms with Gasteiger partial charge in [0, 0.05) is 21.7 Å². The molecule has 0 aliphatic carbocycles. The lowest BCUT2D eigenvalue weighted by atomic mass is 10.1. The standard InChI is InChI=1S/C17H19ClFNS/c1-2-11-20-16(13-7-9-14(18)10-8-13)12-21-17-6-4-3-5-15(17)19/h3-10,16,20H,2,11-12H2,1H3. The lowest BCUT2D eigenvalue weighted by Gasteiger charge is -2.19. The molecule has 2 aromatic rings. The van der Waals surface area contributed by atoms with Gasteiger partial charge in [0.05, 0.1) is 0 Å². The highest BCUT2D eigenvalue weighted by atomic mass is 35.5. The van der Waals surface area contributed by atoms with E-state index in [0.717, 1.165) is 23.7 Å². The van der Waals surface area contributed by atoms with Crippen molar-refractivity contribution in [3.63, 3.8) is 0 Å². The molecule has 2 rings (SSSR count). The Morgan fingerprint density at radius 2 is 1.86 bits per heavy atom. The van der Waals surface area contributed by atoms with Gasteiger partial charge in [-0.1, -0.05) is 42.8 Å². The van der Waals surface area contributed by atoms with Crippen LogP contribution >= 0.6 is 23.4 Å². The average molecular weight is 324 g/mol. The van der Waals surface area contributed by atoms with Crippen LogP contribution in [0, 0.1) is 5.82 Å². The van der Waals surface area contributed by atoms with Crippen molar-refractivity contribution in [3.05, 3.63) is 64.9 Å². The van der Waals surface area contributed by atoms with Gasteiger partial charge in [0.15, 0.2) is 0 Å². The van der Waals surface area contributed by atoms with Gasteiger partial charge in [-0.15, -0.1) is 11.8 Å². The monoisotopic (exact) mass is 323 g/mol. The molecular formula is C17H19ClFNS. The van der Waals surface area contributed by atoms with Crippen molar-refractivity contribution in [3.8, 4) is 0 Å². The lowest BCUT2D eigenvalue weighted by molar-refractivity contribution is 0.575. The summed E-state index contributed by atoms with van der Waals surface area (Å²) in [7, 11) is 0. The van der Waals surface area contributed by atoms with E-state index in [1.807, 2.05) is 36.4 Å². The average Bonchev–Trinajstić information content (AvgIpc) is 2.50. The van der Waals surface area contributed by atoms with Crippen LogP contribution < -0.4 is 5.32 Å². The maximum atomic E-state index is 13.7. The molecule has 0 aliphatic rings. The molecule has 1 unspecified atom stereocenters. The Morgan fingerprint density at radius 1 is 1.14 bits per heavy atom. The van der Waals surface area contributed by atoms with E-state index in [4.69, 9.17) is 11.6 Å². The Labute approximate surface area is 134 Å². The molecule has 0 saturated heterocycles. The van der Waals surface area contributed by atoms with Crippen LogP contribution in [0.3, 0.4) is 0 Å². The van der Waals surface area contributed by atoms with Gasteiger partial charge in [0.2, 0.25) is 0 Å². The van der Waals surface area contributed by atoms with E-state index in [9.17, 15) is 4.39 Å². The molecule has 1 atom stereocenters. The second kappa shape index (κ2) is 8.42. The highest BCUT2D eigenvalue weighted by Gasteiger charge is 2.12. The van der Waals surface area contributed by atoms with E-state index >= 15 is 0 Å². The molecule has 21 heavy (non-hydrogen) atoms. The molecule has 0 spiro atoms. The van der Waals surface area contributed by atoms with Crippen molar-refractivity contribution >= 4 is 23.4 Å². The zero-order valence-corrected chi connectivity index (χ0v) is 13.6. The van der Waals surface area contributed by atoms with Crippen LogP contribution in [0.1, 0.15) is 24.9 Å². The van der Waals surface area contributed by atoms with Gasteiger partial charge >= 0.3 is 0 Å². The third-order valence-electron chi connectivity index (χ3n) is 3.16. The number of nitrogens with one attached hydrogen (secondary N) is 1. The number of thioether (sulfide) groups is 1. The molecular weight excluding hydrogens is 305 g/mol. The summed E-state index contributed by atoms with van der Waals surface area (Å²) in [6.45, 7) is 3.07. The van der Waals surface area contributed by atoms with Crippen LogP contribution in [0.15, 0.2) is 53.4 Å². The Morgan fingerprint density at radius 3 is 2.52 bits per heavy atom. The largest absolute Gasteiger partial charge is 0.309 e. The fraction of sp³-hybridized carbons (Fsp3) is 0.294. The fourth-order valence-corrected chi connectivity index (χ4v) is 3.18. The Balaban J connectivity index is 2.06. The second-order valence-electron chi connectivity index (χ2n) is 4.80. The molecule has 0 amide bonds. The normalized spacial score (nSPS) is 12.3. The quantitative estimate of drug-likeness (QED) is 0.693. The van der Waals surface area contributed by atoms with Gasteiger partial charge in [0.1, 0.15) is 5.82 Å². The van der Waals surface area contributed by atoms with Crippen LogP contribution in [-0.2, 0) is 0 Å². The topological polar surface area (TPSA) is 12.0 Å². The molecule has 0 fully saturated rings. The van der Waals surface area contributed by atoms with Crippen LogP contribution in [0.2, 0.25) is 5.02 Å². The van der Waals surface area contributed by atoms with Crippen molar-refractivity contribution in [1.82, 2.24) is 5.32 Å². The van der Waals surface area contributed by atoms with Gasteiger partial charge in [-0.25, -0.2) is 4.39 Å². The summed E-state index contributed by atoms with van der Waals surface area (Å²) < 4.78 is 13.7. The summed E-state index contributed by atoms with van der Waals surface area (Å²) in [5.74, 6) is 0.621.